The van der Waals surface area contributed by atoms with Crippen LogP contribution >= 0.6 is 0 Å². The van der Waals surface area contributed by atoms with Gasteiger partial charge in [-0.15, -0.1) is 0 Å². The van der Waals surface area contributed by atoms with Gasteiger partial charge in [-0.2, -0.15) is 0 Å². The van der Waals surface area contributed by atoms with E-state index in [4.69, 9.17) is 9.15 Å². The Morgan fingerprint density at radius 3 is 2.26 bits per heavy atom. The van der Waals surface area contributed by atoms with Gasteiger partial charge >= 0.3 is 0 Å². The Hall–Kier alpha value is -3.54. The quantitative estimate of drug-likeness (QED) is 0.703. The van der Waals surface area contributed by atoms with Crippen molar-refractivity contribution in [2.45, 2.75) is 13.8 Å². The minimum absolute atomic E-state index is 0.254. The van der Waals surface area contributed by atoms with Gasteiger partial charge in [0.25, 0.3) is 11.8 Å². The summed E-state index contributed by atoms with van der Waals surface area (Å²) in [6, 6.07) is 15.5. The van der Waals surface area contributed by atoms with Crippen LogP contribution in [0.25, 0.3) is 0 Å². The van der Waals surface area contributed by atoms with Crippen molar-refractivity contribution in [2.24, 2.45) is 0 Å². The zero-order valence-electron chi connectivity index (χ0n) is 15.3. The van der Waals surface area contributed by atoms with E-state index in [0.29, 0.717) is 39.8 Å². The van der Waals surface area contributed by atoms with Crippen molar-refractivity contribution in [3.63, 3.8) is 0 Å². The lowest BCUT2D eigenvalue weighted by Gasteiger charge is -2.10. The Morgan fingerprint density at radius 2 is 1.63 bits per heavy atom. The normalized spacial score (nSPS) is 10.3. The molecular weight excluding hydrogens is 344 g/mol. The molecule has 0 aliphatic carbocycles. The van der Waals surface area contributed by atoms with E-state index >= 15 is 0 Å². The van der Waals surface area contributed by atoms with Gasteiger partial charge in [0.15, 0.2) is 0 Å². The SMILES string of the molecule is COc1ccccc1NC(=O)c1ccc(NC(=O)c2cc(C)oc2C)cc1. The lowest BCUT2D eigenvalue weighted by molar-refractivity contribution is 0.101. The standard InChI is InChI=1S/C21H20N2O4/c1-13-12-17(14(2)27-13)21(25)22-16-10-8-15(9-11-16)20(24)23-18-6-4-5-7-19(18)26-3/h4-12H,1-3H3,(H,22,25)(H,23,24). The molecule has 0 spiro atoms. The van der Waals surface area contributed by atoms with Crippen molar-refractivity contribution in [3.8, 4) is 5.75 Å². The van der Waals surface area contributed by atoms with Crippen molar-refractivity contribution in [1.82, 2.24) is 0 Å². The van der Waals surface area contributed by atoms with Gasteiger partial charge in [0.05, 0.1) is 18.4 Å². The lowest BCUT2D eigenvalue weighted by atomic mass is 10.1. The first-order valence-corrected chi connectivity index (χ1v) is 8.40. The summed E-state index contributed by atoms with van der Waals surface area (Å²) >= 11 is 0. The van der Waals surface area contributed by atoms with Gasteiger partial charge < -0.3 is 19.8 Å². The summed E-state index contributed by atoms with van der Waals surface area (Å²) in [6.45, 7) is 3.53. The van der Waals surface area contributed by atoms with E-state index in [9.17, 15) is 9.59 Å². The van der Waals surface area contributed by atoms with Gasteiger partial charge in [-0.1, -0.05) is 12.1 Å². The van der Waals surface area contributed by atoms with Crippen molar-refractivity contribution >= 4 is 23.2 Å². The third-order valence-electron chi connectivity index (χ3n) is 4.05. The minimum atomic E-state index is -0.265. The summed E-state index contributed by atoms with van der Waals surface area (Å²) in [5.41, 5.74) is 2.14. The fourth-order valence-corrected chi connectivity index (χ4v) is 2.70. The van der Waals surface area contributed by atoms with Crippen LogP contribution in [0.15, 0.2) is 59.0 Å². The van der Waals surface area contributed by atoms with E-state index in [1.807, 2.05) is 12.1 Å². The maximum absolute atomic E-state index is 12.4. The molecule has 138 valence electrons. The number of benzene rings is 2. The molecule has 6 heteroatoms. The van der Waals surface area contributed by atoms with Crippen LogP contribution in [-0.4, -0.2) is 18.9 Å². The zero-order valence-corrected chi connectivity index (χ0v) is 15.3. The zero-order chi connectivity index (χ0) is 19.4. The first-order valence-electron chi connectivity index (χ1n) is 8.40. The molecule has 3 rings (SSSR count). The highest BCUT2D eigenvalue weighted by Gasteiger charge is 2.14. The fraction of sp³-hybridized carbons (Fsp3) is 0.143. The molecule has 0 aliphatic heterocycles. The van der Waals surface area contributed by atoms with Crippen LogP contribution in [0.2, 0.25) is 0 Å². The highest BCUT2D eigenvalue weighted by molar-refractivity contribution is 6.07. The van der Waals surface area contributed by atoms with E-state index in [1.54, 1.807) is 63.4 Å². The molecule has 0 saturated heterocycles. The summed E-state index contributed by atoms with van der Waals surface area (Å²) in [5.74, 6) is 1.31. The first-order chi connectivity index (χ1) is 13.0. The van der Waals surface area contributed by atoms with E-state index in [0.717, 1.165) is 0 Å². The maximum atomic E-state index is 12.4. The van der Waals surface area contributed by atoms with Gasteiger partial charge in [0.1, 0.15) is 17.3 Å². The molecule has 6 nitrogen and oxygen atoms in total. The highest BCUT2D eigenvalue weighted by Crippen LogP contribution is 2.24. The topological polar surface area (TPSA) is 80.6 Å². The van der Waals surface area contributed by atoms with Crippen LogP contribution < -0.4 is 15.4 Å². The van der Waals surface area contributed by atoms with Crippen molar-refractivity contribution in [2.75, 3.05) is 17.7 Å². The average Bonchev–Trinajstić information content (AvgIpc) is 3.01. The molecule has 2 amide bonds. The van der Waals surface area contributed by atoms with E-state index in [2.05, 4.69) is 10.6 Å². The van der Waals surface area contributed by atoms with Crippen LogP contribution in [0.1, 0.15) is 32.2 Å². The van der Waals surface area contributed by atoms with Crippen LogP contribution in [0.4, 0.5) is 11.4 Å². The third-order valence-corrected chi connectivity index (χ3v) is 4.05. The molecule has 3 aromatic rings. The summed E-state index contributed by atoms with van der Waals surface area (Å²) < 4.78 is 10.6. The Kier molecular flexibility index (Phi) is 5.26. The number of anilines is 2. The van der Waals surface area contributed by atoms with Crippen LogP contribution in [0, 0.1) is 13.8 Å². The molecule has 27 heavy (non-hydrogen) atoms. The molecule has 1 heterocycles. The molecule has 2 aromatic carbocycles. The number of nitrogens with one attached hydrogen (secondary N) is 2. The number of carbonyl (C=O) groups excluding carboxylic acids is 2. The number of para-hydroxylation sites is 2. The smallest absolute Gasteiger partial charge is 0.259 e. The molecule has 0 unspecified atom stereocenters. The minimum Gasteiger partial charge on any atom is -0.495 e. The van der Waals surface area contributed by atoms with Crippen LogP contribution in [0.3, 0.4) is 0 Å². The van der Waals surface area contributed by atoms with Crippen molar-refractivity contribution in [1.29, 1.82) is 0 Å². The second kappa shape index (κ2) is 7.78. The Bertz CT molecular complexity index is 974. The number of aryl methyl sites for hydroxylation is 2. The van der Waals surface area contributed by atoms with E-state index in [1.165, 1.54) is 0 Å². The van der Waals surface area contributed by atoms with E-state index in [-0.39, 0.29) is 11.8 Å². The maximum Gasteiger partial charge on any atom is 0.259 e. The monoisotopic (exact) mass is 364 g/mol. The van der Waals surface area contributed by atoms with Crippen molar-refractivity contribution in [3.05, 3.63) is 77.2 Å². The van der Waals surface area contributed by atoms with E-state index < -0.39 is 0 Å². The Labute approximate surface area is 157 Å². The number of rotatable bonds is 5. The van der Waals surface area contributed by atoms with Gasteiger partial charge in [-0.05, 0) is 56.3 Å². The highest BCUT2D eigenvalue weighted by atomic mass is 16.5. The molecule has 2 N–H and O–H groups in total. The molecule has 0 fully saturated rings. The molecule has 0 radical (unpaired) electrons. The number of hydrogen-bond acceptors (Lipinski definition) is 4. The van der Waals surface area contributed by atoms with Gasteiger partial charge in [0.2, 0.25) is 0 Å². The molecule has 0 aliphatic rings. The predicted octanol–water partition coefficient (Wildman–Crippen LogP) is 4.41. The summed E-state index contributed by atoms with van der Waals surface area (Å²) in [4.78, 5) is 24.7. The van der Waals surface area contributed by atoms with Gasteiger partial charge in [-0.25, -0.2) is 0 Å². The first kappa shape index (κ1) is 18.3. The Balaban J connectivity index is 1.68. The number of methoxy groups -OCH3 is 1. The molecule has 0 bridgehead atoms. The molecule has 0 atom stereocenters. The number of furan rings is 1. The average molecular weight is 364 g/mol. The van der Waals surface area contributed by atoms with Crippen molar-refractivity contribution < 1.29 is 18.7 Å². The number of carbonyl (C=O) groups is 2. The van der Waals surface area contributed by atoms with Gasteiger partial charge in [0, 0.05) is 11.3 Å². The lowest BCUT2D eigenvalue weighted by Crippen LogP contribution is -2.14. The number of hydrogen-bond donors (Lipinski definition) is 2. The third kappa shape index (κ3) is 4.17. The molecule has 0 saturated carbocycles. The second-order valence-electron chi connectivity index (χ2n) is 6.01. The summed E-state index contributed by atoms with van der Waals surface area (Å²) in [6.07, 6.45) is 0. The largest absolute Gasteiger partial charge is 0.495 e. The summed E-state index contributed by atoms with van der Waals surface area (Å²) in [5, 5.41) is 5.61. The van der Waals surface area contributed by atoms with Crippen LogP contribution in [-0.2, 0) is 0 Å². The number of ether oxygens (including phenoxy) is 1. The number of amides is 2. The van der Waals surface area contributed by atoms with Crippen LogP contribution in [0.5, 0.6) is 5.75 Å². The molecule has 1 aromatic heterocycles. The summed E-state index contributed by atoms with van der Waals surface area (Å²) in [7, 11) is 1.55. The Morgan fingerprint density at radius 1 is 0.926 bits per heavy atom. The fourth-order valence-electron chi connectivity index (χ4n) is 2.70. The predicted molar refractivity (Wildman–Crippen MR) is 104 cm³/mol. The second-order valence-corrected chi connectivity index (χ2v) is 6.01. The molecular formula is C21H20N2O4. The van der Waals surface area contributed by atoms with Gasteiger partial charge in [-0.3, -0.25) is 9.59 Å².